The number of nitrogens with zero attached hydrogens (tertiary/aromatic N) is 2. The number of carbonyl (C=O) groups is 1. The fourth-order valence-electron chi connectivity index (χ4n) is 2.69. The monoisotopic (exact) mass is 391 g/mol. The van der Waals surface area contributed by atoms with E-state index in [1.807, 2.05) is 41.3 Å². The van der Waals surface area contributed by atoms with Crippen LogP contribution in [0.5, 0.6) is 0 Å². The minimum absolute atomic E-state index is 0.0706. The summed E-state index contributed by atoms with van der Waals surface area (Å²) in [5, 5.41) is 2.92. The van der Waals surface area contributed by atoms with Gasteiger partial charge in [0.2, 0.25) is 0 Å². The van der Waals surface area contributed by atoms with Gasteiger partial charge in [0.15, 0.2) is 0 Å². The van der Waals surface area contributed by atoms with Gasteiger partial charge in [0.1, 0.15) is 5.82 Å². The molecule has 126 valence electrons. The average molecular weight is 392 g/mol. The molecule has 2 amide bonds. The summed E-state index contributed by atoms with van der Waals surface area (Å²) in [5.74, 6) is -0.215. The molecule has 0 atom stereocenters. The van der Waals surface area contributed by atoms with Gasteiger partial charge < -0.3 is 10.2 Å². The number of hydrogen-bond acceptors (Lipinski definition) is 2. The number of nitrogens with one attached hydrogen (secondary N) is 1. The molecule has 0 saturated carbocycles. The van der Waals surface area contributed by atoms with Gasteiger partial charge in [0, 0.05) is 42.9 Å². The highest BCUT2D eigenvalue weighted by molar-refractivity contribution is 9.10. The Kier molecular flexibility index (Phi) is 5.48. The van der Waals surface area contributed by atoms with E-state index in [1.165, 1.54) is 12.1 Å². The van der Waals surface area contributed by atoms with E-state index in [2.05, 4.69) is 26.1 Å². The molecule has 1 N–H and O–H groups in total. The Balaban J connectivity index is 1.48. The van der Waals surface area contributed by atoms with Gasteiger partial charge in [-0.05, 0) is 42.0 Å². The van der Waals surface area contributed by atoms with Crippen molar-refractivity contribution in [3.8, 4) is 0 Å². The van der Waals surface area contributed by atoms with Gasteiger partial charge in [-0.2, -0.15) is 0 Å². The predicted octanol–water partition coefficient (Wildman–Crippen LogP) is 3.94. The van der Waals surface area contributed by atoms with Gasteiger partial charge in [-0.25, -0.2) is 9.18 Å². The highest BCUT2D eigenvalue weighted by Gasteiger charge is 2.21. The number of hydrogen-bond donors (Lipinski definition) is 1. The number of halogens is 2. The summed E-state index contributed by atoms with van der Waals surface area (Å²) < 4.78 is 13.9. The van der Waals surface area contributed by atoms with Gasteiger partial charge in [-0.15, -0.1) is 0 Å². The van der Waals surface area contributed by atoms with Gasteiger partial charge in [0.05, 0.1) is 0 Å². The number of amides is 2. The molecular weight excluding hydrogens is 373 g/mol. The highest BCUT2D eigenvalue weighted by Crippen LogP contribution is 2.15. The van der Waals surface area contributed by atoms with Gasteiger partial charge in [-0.3, -0.25) is 4.90 Å². The van der Waals surface area contributed by atoms with Crippen molar-refractivity contribution in [2.75, 3.05) is 31.5 Å². The maximum absolute atomic E-state index is 12.9. The van der Waals surface area contributed by atoms with Crippen LogP contribution in [0.15, 0.2) is 53.0 Å². The van der Waals surface area contributed by atoms with Crippen LogP contribution in [-0.4, -0.2) is 42.0 Å². The SMILES string of the molecule is O=C(Nc1ccc(Br)cc1)N1CCN(Cc2ccc(F)cc2)CC1. The molecule has 6 heteroatoms. The first kappa shape index (κ1) is 16.9. The van der Waals surface area contributed by atoms with Crippen LogP contribution < -0.4 is 5.32 Å². The lowest BCUT2D eigenvalue weighted by molar-refractivity contribution is 0.143. The second-order valence-corrected chi connectivity index (χ2v) is 6.74. The number of carbonyl (C=O) groups excluding carboxylic acids is 1. The summed E-state index contributed by atoms with van der Waals surface area (Å²) in [6, 6.07) is 14.0. The molecule has 1 aliphatic rings. The molecule has 0 aliphatic carbocycles. The molecule has 0 radical (unpaired) electrons. The first-order valence-corrected chi connectivity index (χ1v) is 8.68. The third-order valence-electron chi connectivity index (χ3n) is 4.07. The van der Waals surface area contributed by atoms with Crippen LogP contribution in [0.1, 0.15) is 5.56 Å². The van der Waals surface area contributed by atoms with Gasteiger partial charge in [0.25, 0.3) is 0 Å². The Labute approximate surface area is 149 Å². The first-order chi connectivity index (χ1) is 11.6. The van der Waals surface area contributed by atoms with E-state index in [1.54, 1.807) is 0 Å². The van der Waals surface area contributed by atoms with E-state index in [4.69, 9.17) is 0 Å². The number of rotatable bonds is 3. The lowest BCUT2D eigenvalue weighted by atomic mass is 10.2. The van der Waals surface area contributed by atoms with Crippen LogP contribution in [0.2, 0.25) is 0 Å². The Morgan fingerprint density at radius 1 is 1.00 bits per heavy atom. The second-order valence-electron chi connectivity index (χ2n) is 5.83. The molecule has 24 heavy (non-hydrogen) atoms. The smallest absolute Gasteiger partial charge is 0.321 e. The number of anilines is 1. The summed E-state index contributed by atoms with van der Waals surface area (Å²) in [5.41, 5.74) is 1.88. The summed E-state index contributed by atoms with van der Waals surface area (Å²) in [6.07, 6.45) is 0. The van der Waals surface area contributed by atoms with Gasteiger partial charge in [-0.1, -0.05) is 28.1 Å². The fraction of sp³-hybridized carbons (Fsp3) is 0.278. The Morgan fingerprint density at radius 2 is 1.62 bits per heavy atom. The lowest BCUT2D eigenvalue weighted by Crippen LogP contribution is -2.49. The molecule has 4 nitrogen and oxygen atoms in total. The molecule has 2 aromatic carbocycles. The zero-order valence-corrected chi connectivity index (χ0v) is 14.8. The Bertz CT molecular complexity index is 682. The van der Waals surface area contributed by atoms with E-state index < -0.39 is 0 Å². The number of benzene rings is 2. The van der Waals surface area contributed by atoms with Crippen molar-refractivity contribution in [1.82, 2.24) is 9.80 Å². The van der Waals surface area contributed by atoms with Crippen LogP contribution in [0.25, 0.3) is 0 Å². The minimum Gasteiger partial charge on any atom is -0.322 e. The average Bonchev–Trinajstić information content (AvgIpc) is 2.59. The lowest BCUT2D eigenvalue weighted by Gasteiger charge is -2.34. The van der Waals surface area contributed by atoms with Crippen LogP contribution in [0.3, 0.4) is 0 Å². The predicted molar refractivity (Wildman–Crippen MR) is 96.4 cm³/mol. The van der Waals surface area contributed by atoms with E-state index in [-0.39, 0.29) is 11.8 Å². The zero-order valence-electron chi connectivity index (χ0n) is 13.2. The molecule has 0 aromatic heterocycles. The van der Waals surface area contributed by atoms with E-state index in [0.29, 0.717) is 13.1 Å². The van der Waals surface area contributed by atoms with Crippen molar-refractivity contribution >= 4 is 27.6 Å². The Hall–Kier alpha value is -1.92. The van der Waals surface area contributed by atoms with Crippen molar-refractivity contribution in [1.29, 1.82) is 0 Å². The molecule has 1 aliphatic heterocycles. The van der Waals surface area contributed by atoms with Crippen LogP contribution in [0, 0.1) is 5.82 Å². The minimum atomic E-state index is -0.215. The summed E-state index contributed by atoms with van der Waals surface area (Å²) >= 11 is 3.38. The molecule has 1 heterocycles. The van der Waals surface area contributed by atoms with Crippen LogP contribution >= 0.6 is 15.9 Å². The fourth-order valence-corrected chi connectivity index (χ4v) is 2.96. The summed E-state index contributed by atoms with van der Waals surface area (Å²) in [7, 11) is 0. The highest BCUT2D eigenvalue weighted by atomic mass is 79.9. The second kappa shape index (κ2) is 7.77. The van der Waals surface area contributed by atoms with Crippen molar-refractivity contribution in [3.05, 3.63) is 64.4 Å². The molecular formula is C18H19BrFN3O. The third kappa shape index (κ3) is 4.55. The standard InChI is InChI=1S/C18H19BrFN3O/c19-15-3-7-17(8-4-15)21-18(24)23-11-9-22(10-12-23)13-14-1-5-16(20)6-2-14/h1-8H,9-13H2,(H,21,24). The van der Waals surface area contributed by atoms with Crippen molar-refractivity contribution in [3.63, 3.8) is 0 Å². The molecule has 1 saturated heterocycles. The van der Waals surface area contributed by atoms with E-state index >= 15 is 0 Å². The first-order valence-electron chi connectivity index (χ1n) is 7.88. The third-order valence-corrected chi connectivity index (χ3v) is 4.60. The maximum Gasteiger partial charge on any atom is 0.321 e. The zero-order chi connectivity index (χ0) is 16.9. The molecule has 1 fully saturated rings. The van der Waals surface area contributed by atoms with E-state index in [0.717, 1.165) is 35.4 Å². The molecule has 2 aromatic rings. The van der Waals surface area contributed by atoms with Gasteiger partial charge >= 0.3 is 6.03 Å². The topological polar surface area (TPSA) is 35.6 Å². The summed E-state index contributed by atoms with van der Waals surface area (Å²) in [6.45, 7) is 3.77. The van der Waals surface area contributed by atoms with Crippen LogP contribution in [0.4, 0.5) is 14.9 Å². The molecule has 0 unspecified atom stereocenters. The normalized spacial score (nSPS) is 15.3. The molecule has 3 rings (SSSR count). The molecule has 0 spiro atoms. The number of urea groups is 1. The van der Waals surface area contributed by atoms with Crippen molar-refractivity contribution < 1.29 is 9.18 Å². The quantitative estimate of drug-likeness (QED) is 0.859. The largest absolute Gasteiger partial charge is 0.322 e. The van der Waals surface area contributed by atoms with Crippen molar-refractivity contribution in [2.24, 2.45) is 0 Å². The van der Waals surface area contributed by atoms with E-state index in [9.17, 15) is 9.18 Å². The van der Waals surface area contributed by atoms with Crippen LogP contribution in [-0.2, 0) is 6.54 Å². The molecule has 0 bridgehead atoms. The maximum atomic E-state index is 12.9. The summed E-state index contributed by atoms with van der Waals surface area (Å²) in [4.78, 5) is 16.4. The number of piperazine rings is 1. The Morgan fingerprint density at radius 3 is 2.25 bits per heavy atom. The van der Waals surface area contributed by atoms with Crippen molar-refractivity contribution in [2.45, 2.75) is 6.54 Å².